The summed E-state index contributed by atoms with van der Waals surface area (Å²) < 4.78 is 0. The Morgan fingerprint density at radius 1 is 1.04 bits per heavy atom. The van der Waals surface area contributed by atoms with Crippen molar-refractivity contribution in [2.24, 2.45) is 0 Å². The molecule has 1 aliphatic heterocycles. The van der Waals surface area contributed by atoms with Crippen molar-refractivity contribution in [2.45, 2.75) is 19.5 Å². The van der Waals surface area contributed by atoms with Crippen LogP contribution in [-0.2, 0) is 11.3 Å². The predicted octanol–water partition coefficient (Wildman–Crippen LogP) is 3.46. The highest BCUT2D eigenvalue weighted by molar-refractivity contribution is 6.33. The number of hydrogen-bond donors (Lipinski definition) is 1. The van der Waals surface area contributed by atoms with Gasteiger partial charge in [-0.2, -0.15) is 0 Å². The molecule has 28 heavy (non-hydrogen) atoms. The highest BCUT2D eigenvalue weighted by Crippen LogP contribution is 2.16. The molecule has 1 saturated heterocycles. The molecule has 0 spiro atoms. The summed E-state index contributed by atoms with van der Waals surface area (Å²) in [5.74, 6) is -0.422. The molecule has 1 fully saturated rings. The van der Waals surface area contributed by atoms with Gasteiger partial charge in [-0.25, -0.2) is 0 Å². The number of rotatable bonds is 5. The van der Waals surface area contributed by atoms with E-state index in [-0.39, 0.29) is 11.8 Å². The SMILES string of the molecule is C[C@H](NC(=O)c1ccccc1Cl)C(=O)N1CCN(Cc2cccc(Cl)c2)CC1. The Morgan fingerprint density at radius 3 is 2.43 bits per heavy atom. The Balaban J connectivity index is 1.50. The molecule has 0 aromatic heterocycles. The largest absolute Gasteiger partial charge is 0.340 e. The van der Waals surface area contributed by atoms with Crippen LogP contribution in [0.2, 0.25) is 10.0 Å². The number of nitrogens with zero attached hydrogens (tertiary/aromatic N) is 2. The number of carbonyl (C=O) groups is 2. The number of amides is 2. The molecule has 0 radical (unpaired) electrons. The molecule has 5 nitrogen and oxygen atoms in total. The molecule has 0 bridgehead atoms. The molecule has 1 aliphatic rings. The molecule has 1 atom stereocenters. The smallest absolute Gasteiger partial charge is 0.253 e. The second kappa shape index (κ2) is 9.41. The van der Waals surface area contributed by atoms with Crippen molar-refractivity contribution in [3.8, 4) is 0 Å². The van der Waals surface area contributed by atoms with Crippen LogP contribution in [-0.4, -0.2) is 53.8 Å². The lowest BCUT2D eigenvalue weighted by molar-refractivity contribution is -0.134. The van der Waals surface area contributed by atoms with Crippen molar-refractivity contribution in [3.05, 3.63) is 69.7 Å². The van der Waals surface area contributed by atoms with Crippen molar-refractivity contribution < 1.29 is 9.59 Å². The first-order valence-corrected chi connectivity index (χ1v) is 10.0. The molecule has 2 aromatic carbocycles. The van der Waals surface area contributed by atoms with Crippen LogP contribution in [0, 0.1) is 0 Å². The average molecular weight is 420 g/mol. The van der Waals surface area contributed by atoms with Gasteiger partial charge in [-0.15, -0.1) is 0 Å². The fourth-order valence-corrected chi connectivity index (χ4v) is 3.71. The van der Waals surface area contributed by atoms with Crippen molar-refractivity contribution in [1.82, 2.24) is 15.1 Å². The minimum Gasteiger partial charge on any atom is -0.340 e. The summed E-state index contributed by atoms with van der Waals surface area (Å²) in [5.41, 5.74) is 1.53. The summed E-state index contributed by atoms with van der Waals surface area (Å²) in [6.45, 7) is 5.33. The molecular formula is C21H23Cl2N3O2. The first-order valence-electron chi connectivity index (χ1n) is 9.25. The van der Waals surface area contributed by atoms with Gasteiger partial charge < -0.3 is 10.2 Å². The second-order valence-corrected chi connectivity index (χ2v) is 7.75. The summed E-state index contributed by atoms with van der Waals surface area (Å²) in [5, 5.41) is 3.85. The third kappa shape index (κ3) is 5.25. The number of nitrogens with one attached hydrogen (secondary N) is 1. The van der Waals surface area contributed by atoms with E-state index in [2.05, 4.69) is 16.3 Å². The minimum absolute atomic E-state index is 0.0807. The zero-order chi connectivity index (χ0) is 20.1. The van der Waals surface area contributed by atoms with E-state index in [0.717, 1.165) is 30.2 Å². The van der Waals surface area contributed by atoms with Gasteiger partial charge in [0.15, 0.2) is 0 Å². The Bertz CT molecular complexity index is 851. The van der Waals surface area contributed by atoms with E-state index in [1.165, 1.54) is 0 Å². The van der Waals surface area contributed by atoms with Gasteiger partial charge in [0.2, 0.25) is 5.91 Å². The summed E-state index contributed by atoms with van der Waals surface area (Å²) >= 11 is 12.1. The Kier molecular flexibility index (Phi) is 6.94. The quantitative estimate of drug-likeness (QED) is 0.806. The molecule has 2 amide bonds. The lowest BCUT2D eigenvalue weighted by Crippen LogP contribution is -2.53. The van der Waals surface area contributed by atoms with E-state index >= 15 is 0 Å². The average Bonchev–Trinajstić information content (AvgIpc) is 2.68. The first-order chi connectivity index (χ1) is 13.4. The van der Waals surface area contributed by atoms with E-state index in [9.17, 15) is 9.59 Å². The Hall–Kier alpha value is -2.08. The normalized spacial score (nSPS) is 15.9. The minimum atomic E-state index is -0.608. The molecule has 7 heteroatoms. The van der Waals surface area contributed by atoms with Gasteiger partial charge in [-0.1, -0.05) is 47.5 Å². The Labute approximate surface area is 175 Å². The van der Waals surface area contributed by atoms with Crippen LogP contribution >= 0.6 is 23.2 Å². The molecule has 2 aromatic rings. The lowest BCUT2D eigenvalue weighted by Gasteiger charge is -2.36. The third-order valence-corrected chi connectivity index (χ3v) is 5.38. The van der Waals surface area contributed by atoms with Crippen LogP contribution < -0.4 is 5.32 Å². The summed E-state index contributed by atoms with van der Waals surface area (Å²) in [6, 6.07) is 14.0. The number of benzene rings is 2. The maximum atomic E-state index is 12.7. The van der Waals surface area contributed by atoms with Crippen molar-refractivity contribution >= 4 is 35.0 Å². The fourth-order valence-electron chi connectivity index (χ4n) is 3.28. The number of piperazine rings is 1. The molecule has 0 aliphatic carbocycles. The maximum absolute atomic E-state index is 12.7. The topological polar surface area (TPSA) is 52.7 Å². The third-order valence-electron chi connectivity index (χ3n) is 4.82. The van der Waals surface area contributed by atoms with Gasteiger partial charge in [-0.05, 0) is 36.8 Å². The fraction of sp³-hybridized carbons (Fsp3) is 0.333. The Morgan fingerprint density at radius 2 is 1.75 bits per heavy atom. The number of hydrogen-bond acceptors (Lipinski definition) is 3. The standard InChI is InChI=1S/C21H23Cl2N3O2/c1-15(24-20(27)18-7-2-3-8-19(18)23)21(28)26-11-9-25(10-12-26)14-16-5-4-6-17(22)13-16/h2-8,13,15H,9-12,14H2,1H3,(H,24,27)/t15-/m0/s1. The molecular weight excluding hydrogens is 397 g/mol. The van der Waals surface area contributed by atoms with Crippen LogP contribution in [0.25, 0.3) is 0 Å². The van der Waals surface area contributed by atoms with Gasteiger partial charge in [0.1, 0.15) is 6.04 Å². The van der Waals surface area contributed by atoms with E-state index < -0.39 is 6.04 Å². The molecule has 0 saturated carbocycles. The second-order valence-electron chi connectivity index (χ2n) is 6.91. The van der Waals surface area contributed by atoms with E-state index in [1.54, 1.807) is 36.1 Å². The van der Waals surface area contributed by atoms with Crippen molar-refractivity contribution in [2.75, 3.05) is 26.2 Å². The number of carbonyl (C=O) groups excluding carboxylic acids is 2. The summed E-state index contributed by atoms with van der Waals surface area (Å²) in [7, 11) is 0. The van der Waals surface area contributed by atoms with Crippen LogP contribution in [0.5, 0.6) is 0 Å². The van der Waals surface area contributed by atoms with Crippen molar-refractivity contribution in [1.29, 1.82) is 0 Å². The number of halogens is 2. The van der Waals surface area contributed by atoms with Gasteiger partial charge >= 0.3 is 0 Å². The van der Waals surface area contributed by atoms with Gasteiger partial charge in [-0.3, -0.25) is 14.5 Å². The molecule has 148 valence electrons. The van der Waals surface area contributed by atoms with Crippen LogP contribution in [0.4, 0.5) is 0 Å². The van der Waals surface area contributed by atoms with Crippen LogP contribution in [0.1, 0.15) is 22.8 Å². The van der Waals surface area contributed by atoms with E-state index in [0.29, 0.717) is 23.7 Å². The van der Waals surface area contributed by atoms with E-state index in [1.807, 2.05) is 18.2 Å². The van der Waals surface area contributed by atoms with E-state index in [4.69, 9.17) is 23.2 Å². The molecule has 0 unspecified atom stereocenters. The maximum Gasteiger partial charge on any atom is 0.253 e. The monoisotopic (exact) mass is 419 g/mol. The summed E-state index contributed by atoms with van der Waals surface area (Å²) in [4.78, 5) is 29.2. The van der Waals surface area contributed by atoms with Crippen LogP contribution in [0.3, 0.4) is 0 Å². The highest BCUT2D eigenvalue weighted by Gasteiger charge is 2.26. The van der Waals surface area contributed by atoms with Crippen LogP contribution in [0.15, 0.2) is 48.5 Å². The predicted molar refractivity (Wildman–Crippen MR) is 112 cm³/mol. The lowest BCUT2D eigenvalue weighted by atomic mass is 10.1. The zero-order valence-corrected chi connectivity index (χ0v) is 17.2. The molecule has 1 N–H and O–H groups in total. The van der Waals surface area contributed by atoms with Crippen molar-refractivity contribution in [3.63, 3.8) is 0 Å². The summed E-state index contributed by atoms with van der Waals surface area (Å²) in [6.07, 6.45) is 0. The molecule has 3 rings (SSSR count). The van der Waals surface area contributed by atoms with Gasteiger partial charge in [0.25, 0.3) is 5.91 Å². The molecule has 1 heterocycles. The first kappa shape index (κ1) is 20.6. The van der Waals surface area contributed by atoms with Gasteiger partial charge in [0, 0.05) is 37.7 Å². The van der Waals surface area contributed by atoms with Gasteiger partial charge in [0.05, 0.1) is 10.6 Å². The highest BCUT2D eigenvalue weighted by atomic mass is 35.5. The zero-order valence-electron chi connectivity index (χ0n) is 15.7.